The van der Waals surface area contributed by atoms with Crippen LogP contribution in [0, 0.1) is 18.8 Å². The average Bonchev–Trinajstić information content (AvgIpc) is 2.73. The van der Waals surface area contributed by atoms with Crippen LogP contribution in [-0.2, 0) is 11.8 Å². The third kappa shape index (κ3) is 4.26. The zero-order valence-corrected chi connectivity index (χ0v) is 18.7. The van der Waals surface area contributed by atoms with Crippen molar-refractivity contribution in [1.29, 1.82) is 0 Å². The molecule has 30 heavy (non-hydrogen) atoms. The van der Waals surface area contributed by atoms with Gasteiger partial charge in [-0.25, -0.2) is 0 Å². The molecule has 1 saturated heterocycles. The van der Waals surface area contributed by atoms with Gasteiger partial charge >= 0.3 is 0 Å². The van der Waals surface area contributed by atoms with Crippen LogP contribution in [-0.4, -0.2) is 33.5 Å². The molecule has 162 valence electrons. The predicted molar refractivity (Wildman–Crippen MR) is 120 cm³/mol. The van der Waals surface area contributed by atoms with Crippen molar-refractivity contribution in [2.24, 2.45) is 18.9 Å². The Labute approximate surface area is 182 Å². The summed E-state index contributed by atoms with van der Waals surface area (Å²) >= 11 is 6.14. The molecule has 1 saturated carbocycles. The second kappa shape index (κ2) is 8.67. The van der Waals surface area contributed by atoms with Gasteiger partial charge in [0.15, 0.2) is 0 Å². The van der Waals surface area contributed by atoms with Crippen molar-refractivity contribution in [3.8, 4) is 0 Å². The lowest BCUT2D eigenvalue weighted by Crippen LogP contribution is -2.52. The molecule has 0 bridgehead atoms. The number of hydrogen-bond acceptors (Lipinski definition) is 4. The minimum absolute atomic E-state index is 0.00634. The van der Waals surface area contributed by atoms with E-state index in [2.05, 4.69) is 22.5 Å². The number of alkyl halides is 1. The molecule has 5 unspecified atom stereocenters. The van der Waals surface area contributed by atoms with E-state index in [1.807, 2.05) is 32.3 Å². The standard InChI is InChI=1S/C23H31ClN4O2/c1-13-4-5-15(22(29)27-21-7-6-17(24)12-26-21)9-18(13)19-10-16-11-25-14(2)8-20(16)28(3)23(19)30/h8,10-11,13,15,17-18,21,26H,4-7,9,12H2,1-3H3,(H,27,29). The summed E-state index contributed by atoms with van der Waals surface area (Å²) in [6, 6.07) is 3.94. The number of nitrogens with one attached hydrogen (secondary N) is 2. The summed E-state index contributed by atoms with van der Waals surface area (Å²) in [7, 11) is 1.82. The monoisotopic (exact) mass is 430 g/mol. The third-order valence-corrected chi connectivity index (χ3v) is 7.28. The highest BCUT2D eigenvalue weighted by Gasteiger charge is 2.35. The van der Waals surface area contributed by atoms with Crippen molar-refractivity contribution in [2.45, 2.75) is 63.4 Å². The summed E-state index contributed by atoms with van der Waals surface area (Å²) in [5.74, 6) is 0.457. The first kappa shape index (κ1) is 21.3. The first-order valence-electron chi connectivity index (χ1n) is 11.0. The molecule has 0 aromatic carbocycles. The number of fused-ring (bicyclic) bond motifs is 1. The minimum atomic E-state index is -0.0710. The molecule has 3 heterocycles. The number of pyridine rings is 2. The molecule has 0 radical (unpaired) electrons. The zero-order valence-electron chi connectivity index (χ0n) is 18.0. The minimum Gasteiger partial charge on any atom is -0.341 e. The summed E-state index contributed by atoms with van der Waals surface area (Å²) in [5.41, 5.74) is 2.63. The Morgan fingerprint density at radius 3 is 2.80 bits per heavy atom. The smallest absolute Gasteiger partial charge is 0.254 e. The lowest BCUT2D eigenvalue weighted by molar-refractivity contribution is -0.127. The molecule has 2 fully saturated rings. The van der Waals surface area contributed by atoms with Crippen LogP contribution >= 0.6 is 11.6 Å². The van der Waals surface area contributed by atoms with Crippen molar-refractivity contribution in [3.63, 3.8) is 0 Å². The average molecular weight is 431 g/mol. The zero-order chi connectivity index (χ0) is 21.4. The number of carbonyl (C=O) groups excluding carboxylic acids is 1. The third-order valence-electron chi connectivity index (χ3n) is 6.91. The number of nitrogens with zero attached hydrogens (tertiary/aromatic N) is 2. The largest absolute Gasteiger partial charge is 0.341 e. The molecule has 5 atom stereocenters. The van der Waals surface area contributed by atoms with Gasteiger partial charge in [-0.3, -0.25) is 19.9 Å². The van der Waals surface area contributed by atoms with E-state index in [0.29, 0.717) is 12.3 Å². The number of halogens is 1. The summed E-state index contributed by atoms with van der Waals surface area (Å²) in [6.07, 6.45) is 6.10. The predicted octanol–water partition coefficient (Wildman–Crippen LogP) is 3.19. The molecule has 4 rings (SSSR count). The number of piperidine rings is 1. The van der Waals surface area contributed by atoms with Crippen molar-refractivity contribution in [1.82, 2.24) is 20.2 Å². The molecule has 6 nitrogen and oxygen atoms in total. The van der Waals surface area contributed by atoms with E-state index in [-0.39, 0.29) is 34.8 Å². The lowest BCUT2D eigenvalue weighted by atomic mass is 9.71. The number of rotatable bonds is 3. The topological polar surface area (TPSA) is 76.0 Å². The van der Waals surface area contributed by atoms with Crippen LogP contribution in [0.3, 0.4) is 0 Å². The van der Waals surface area contributed by atoms with Gasteiger partial charge in [0.25, 0.3) is 5.56 Å². The Kier molecular flexibility index (Phi) is 6.16. The van der Waals surface area contributed by atoms with Gasteiger partial charge in [0.05, 0.1) is 11.7 Å². The van der Waals surface area contributed by atoms with Crippen molar-refractivity contribution in [2.75, 3.05) is 6.54 Å². The van der Waals surface area contributed by atoms with Gasteiger partial charge in [-0.05, 0) is 63.0 Å². The van der Waals surface area contributed by atoms with Crippen LogP contribution in [0.4, 0.5) is 0 Å². The van der Waals surface area contributed by atoms with Crippen molar-refractivity contribution in [3.05, 3.63) is 39.9 Å². The highest BCUT2D eigenvalue weighted by Crippen LogP contribution is 2.40. The van der Waals surface area contributed by atoms with Gasteiger partial charge in [-0.2, -0.15) is 0 Å². The fourth-order valence-electron chi connectivity index (χ4n) is 4.98. The Morgan fingerprint density at radius 2 is 2.07 bits per heavy atom. The highest BCUT2D eigenvalue weighted by molar-refractivity contribution is 6.20. The summed E-state index contributed by atoms with van der Waals surface area (Å²) < 4.78 is 1.73. The fourth-order valence-corrected chi connectivity index (χ4v) is 5.20. The molecule has 1 aliphatic heterocycles. The van der Waals surface area contributed by atoms with Gasteiger partial charge in [0, 0.05) is 47.7 Å². The van der Waals surface area contributed by atoms with Gasteiger partial charge in [-0.1, -0.05) is 6.92 Å². The summed E-state index contributed by atoms with van der Waals surface area (Å²) in [5, 5.41) is 7.57. The van der Waals surface area contributed by atoms with E-state index < -0.39 is 0 Å². The molecular formula is C23H31ClN4O2. The lowest BCUT2D eigenvalue weighted by Gasteiger charge is -2.35. The van der Waals surface area contributed by atoms with Gasteiger partial charge in [0.1, 0.15) is 0 Å². The maximum absolute atomic E-state index is 13.2. The van der Waals surface area contributed by atoms with Gasteiger partial charge in [0.2, 0.25) is 5.91 Å². The number of hydrogen-bond donors (Lipinski definition) is 2. The Balaban J connectivity index is 1.55. The number of amides is 1. The van der Waals surface area contributed by atoms with E-state index in [1.54, 1.807) is 4.57 Å². The molecule has 1 aliphatic carbocycles. The highest BCUT2D eigenvalue weighted by atomic mass is 35.5. The van der Waals surface area contributed by atoms with Crippen LogP contribution in [0.5, 0.6) is 0 Å². The SMILES string of the molecule is Cc1cc2c(cn1)cc(C1CC(C(=O)NC3CCC(Cl)CN3)CCC1C)c(=O)n2C. The first-order valence-corrected chi connectivity index (χ1v) is 11.4. The number of aryl methyl sites for hydroxylation is 2. The quantitative estimate of drug-likeness (QED) is 0.733. The van der Waals surface area contributed by atoms with Crippen LogP contribution < -0.4 is 16.2 Å². The van der Waals surface area contributed by atoms with Gasteiger partial charge < -0.3 is 9.88 Å². The van der Waals surface area contributed by atoms with Crippen molar-refractivity contribution >= 4 is 28.4 Å². The second-order valence-corrected chi connectivity index (χ2v) is 9.70. The molecule has 7 heteroatoms. The van der Waals surface area contributed by atoms with E-state index in [9.17, 15) is 9.59 Å². The van der Waals surface area contributed by atoms with Crippen LogP contribution in [0.1, 0.15) is 56.2 Å². The van der Waals surface area contributed by atoms with Crippen LogP contribution in [0.15, 0.2) is 23.1 Å². The van der Waals surface area contributed by atoms with E-state index in [1.165, 1.54) is 0 Å². The number of carbonyl (C=O) groups is 1. The fraction of sp³-hybridized carbons (Fsp3) is 0.609. The van der Waals surface area contributed by atoms with E-state index in [4.69, 9.17) is 11.6 Å². The Morgan fingerprint density at radius 1 is 1.27 bits per heavy atom. The van der Waals surface area contributed by atoms with E-state index in [0.717, 1.165) is 54.4 Å². The van der Waals surface area contributed by atoms with Crippen LogP contribution in [0.25, 0.3) is 10.9 Å². The second-order valence-electron chi connectivity index (χ2n) is 9.09. The summed E-state index contributed by atoms with van der Waals surface area (Å²) in [6.45, 7) is 4.84. The molecule has 2 aliphatic rings. The number of aromatic nitrogens is 2. The maximum atomic E-state index is 13.2. The molecule has 2 aromatic heterocycles. The molecular weight excluding hydrogens is 400 g/mol. The molecule has 2 N–H and O–H groups in total. The van der Waals surface area contributed by atoms with E-state index >= 15 is 0 Å². The maximum Gasteiger partial charge on any atom is 0.254 e. The van der Waals surface area contributed by atoms with Crippen molar-refractivity contribution < 1.29 is 4.79 Å². The molecule has 2 aromatic rings. The summed E-state index contributed by atoms with van der Waals surface area (Å²) in [4.78, 5) is 30.5. The van der Waals surface area contributed by atoms with Gasteiger partial charge in [-0.15, -0.1) is 11.6 Å². The normalized spacial score (nSPS) is 29.7. The molecule has 1 amide bonds. The van der Waals surface area contributed by atoms with Crippen LogP contribution in [0.2, 0.25) is 0 Å². The Bertz CT molecular complexity index is 997. The molecule has 0 spiro atoms. The Hall–Kier alpha value is -1.92. The first-order chi connectivity index (χ1) is 14.3.